The van der Waals surface area contributed by atoms with Gasteiger partial charge < -0.3 is 14.4 Å². The first-order valence-corrected chi connectivity index (χ1v) is 9.91. The Morgan fingerprint density at radius 3 is 2.29 bits per heavy atom. The van der Waals surface area contributed by atoms with Crippen molar-refractivity contribution in [3.05, 3.63) is 38.2 Å². The maximum absolute atomic E-state index is 13.4. The molecule has 1 aliphatic rings. The number of ether oxygens (including phenoxy) is 2. The Morgan fingerprint density at radius 2 is 1.77 bits per heavy atom. The Labute approximate surface area is 177 Å². The van der Waals surface area contributed by atoms with E-state index in [1.54, 1.807) is 0 Å². The zero-order valence-corrected chi connectivity index (χ0v) is 17.6. The van der Waals surface area contributed by atoms with Crippen molar-refractivity contribution < 1.29 is 23.9 Å². The largest absolute Gasteiger partial charge is 0.468 e. The number of hydrogen-bond donors (Lipinski definition) is 1. The van der Waals surface area contributed by atoms with E-state index in [0.717, 1.165) is 32.0 Å². The molecule has 0 saturated heterocycles. The van der Waals surface area contributed by atoms with Gasteiger partial charge in [-0.15, -0.1) is 0 Å². The van der Waals surface area contributed by atoms with Gasteiger partial charge in [0, 0.05) is 18.2 Å². The zero-order chi connectivity index (χ0) is 22.7. The van der Waals surface area contributed by atoms with E-state index in [0.29, 0.717) is 18.7 Å². The topological polar surface area (TPSA) is 141 Å². The Morgan fingerprint density at radius 1 is 1.16 bits per heavy atom. The molecule has 0 atom stereocenters. The molecule has 0 spiro atoms. The second kappa shape index (κ2) is 9.11. The molecule has 0 bridgehead atoms. The van der Waals surface area contributed by atoms with Crippen molar-refractivity contribution in [3.63, 3.8) is 0 Å². The zero-order valence-electron chi connectivity index (χ0n) is 17.6. The maximum Gasteiger partial charge on any atom is 0.329 e. The highest BCUT2D eigenvalue weighted by Crippen LogP contribution is 2.40. The first kappa shape index (κ1) is 22.2. The van der Waals surface area contributed by atoms with Gasteiger partial charge in [-0.3, -0.25) is 28.7 Å². The number of pyridine rings is 1. The quantitative estimate of drug-likeness (QED) is 0.582. The average Bonchev–Trinajstić information content (AvgIpc) is 3.59. The van der Waals surface area contributed by atoms with Crippen molar-refractivity contribution in [3.8, 4) is 0 Å². The van der Waals surface area contributed by atoms with Crippen molar-refractivity contribution in [1.29, 1.82) is 0 Å². The molecule has 11 nitrogen and oxygen atoms in total. The summed E-state index contributed by atoms with van der Waals surface area (Å²) in [6, 6.07) is 1.50. The lowest BCUT2D eigenvalue weighted by Gasteiger charge is -2.21. The van der Waals surface area contributed by atoms with Gasteiger partial charge in [-0.05, 0) is 25.3 Å². The first-order valence-electron chi connectivity index (χ1n) is 9.91. The highest BCUT2D eigenvalue weighted by molar-refractivity contribution is 6.07. The number of aromatic amines is 1. The Kier molecular flexibility index (Phi) is 6.52. The average molecular weight is 432 g/mol. The van der Waals surface area contributed by atoms with Gasteiger partial charge in [-0.2, -0.15) is 0 Å². The number of carbonyl (C=O) groups is 3. The number of aryl methyl sites for hydroxylation is 1. The van der Waals surface area contributed by atoms with Crippen LogP contribution in [0.2, 0.25) is 0 Å². The van der Waals surface area contributed by atoms with E-state index in [2.05, 4.69) is 19.4 Å². The molecule has 1 saturated carbocycles. The molecule has 1 aliphatic carbocycles. The molecule has 1 amide bonds. The standard InChI is InChI=1S/C20H24N4O7/c1-4-7-24-17-16(18(27)22-20(24)29)12(8-13(21-17)11-5-6-11)19(28)23(9-14(25)30-2)10-15(26)31-3/h8,11H,4-7,9-10H2,1-3H3,(H,22,27,29). The molecular weight excluding hydrogens is 408 g/mol. The second-order valence-electron chi connectivity index (χ2n) is 7.29. The van der Waals surface area contributed by atoms with Gasteiger partial charge in [0.25, 0.3) is 11.5 Å². The summed E-state index contributed by atoms with van der Waals surface area (Å²) in [4.78, 5) is 69.8. The van der Waals surface area contributed by atoms with E-state index < -0.39 is 42.2 Å². The summed E-state index contributed by atoms with van der Waals surface area (Å²) in [5.41, 5.74) is -0.715. The molecular formula is C20H24N4O7. The van der Waals surface area contributed by atoms with Crippen LogP contribution >= 0.6 is 0 Å². The Bertz CT molecular complexity index is 1130. The molecule has 11 heteroatoms. The monoisotopic (exact) mass is 432 g/mol. The summed E-state index contributed by atoms with van der Waals surface area (Å²) in [6.07, 6.45) is 2.36. The number of amides is 1. The van der Waals surface area contributed by atoms with Crippen LogP contribution in [0.1, 0.15) is 48.2 Å². The van der Waals surface area contributed by atoms with Gasteiger partial charge in [0.1, 0.15) is 13.1 Å². The van der Waals surface area contributed by atoms with E-state index in [-0.39, 0.29) is 22.5 Å². The van der Waals surface area contributed by atoms with E-state index in [1.807, 2.05) is 6.92 Å². The minimum absolute atomic E-state index is 0.0363. The van der Waals surface area contributed by atoms with Crippen LogP contribution in [0.3, 0.4) is 0 Å². The lowest BCUT2D eigenvalue weighted by atomic mass is 10.1. The number of fused-ring (bicyclic) bond motifs is 1. The third-order valence-corrected chi connectivity index (χ3v) is 5.02. The van der Waals surface area contributed by atoms with Crippen LogP contribution in [0.4, 0.5) is 0 Å². The van der Waals surface area contributed by atoms with Crippen molar-refractivity contribution in [2.75, 3.05) is 27.3 Å². The predicted molar refractivity (Wildman–Crippen MR) is 109 cm³/mol. The number of hydrogen-bond acceptors (Lipinski definition) is 8. The molecule has 166 valence electrons. The summed E-state index contributed by atoms with van der Waals surface area (Å²) in [6.45, 7) is 1.14. The second-order valence-corrected chi connectivity index (χ2v) is 7.29. The van der Waals surface area contributed by atoms with E-state index in [4.69, 9.17) is 0 Å². The fourth-order valence-corrected chi connectivity index (χ4v) is 3.29. The number of H-pyrrole nitrogens is 1. The van der Waals surface area contributed by atoms with Gasteiger partial charge in [-0.1, -0.05) is 6.92 Å². The van der Waals surface area contributed by atoms with Crippen molar-refractivity contribution >= 4 is 28.9 Å². The van der Waals surface area contributed by atoms with Crippen LogP contribution < -0.4 is 11.2 Å². The molecule has 2 aromatic heterocycles. The van der Waals surface area contributed by atoms with Gasteiger partial charge in [0.2, 0.25) is 0 Å². The number of carbonyl (C=O) groups excluding carboxylic acids is 3. The SMILES string of the molecule is CCCn1c(=O)[nH]c(=O)c2c(C(=O)N(CC(=O)OC)CC(=O)OC)cc(C3CC3)nc21. The third kappa shape index (κ3) is 4.65. The molecule has 1 N–H and O–H groups in total. The minimum Gasteiger partial charge on any atom is -0.468 e. The number of rotatable bonds is 8. The van der Waals surface area contributed by atoms with E-state index >= 15 is 0 Å². The fraction of sp³-hybridized carbons (Fsp3) is 0.500. The molecule has 0 aromatic carbocycles. The number of esters is 2. The lowest BCUT2D eigenvalue weighted by molar-refractivity contribution is -0.144. The lowest BCUT2D eigenvalue weighted by Crippen LogP contribution is -2.41. The minimum atomic E-state index is -0.762. The molecule has 3 rings (SSSR count). The van der Waals surface area contributed by atoms with Gasteiger partial charge >= 0.3 is 17.6 Å². The molecule has 0 radical (unpaired) electrons. The van der Waals surface area contributed by atoms with E-state index in [1.165, 1.54) is 10.6 Å². The molecule has 2 aromatic rings. The van der Waals surface area contributed by atoms with Crippen LogP contribution in [-0.2, 0) is 25.6 Å². The highest BCUT2D eigenvalue weighted by atomic mass is 16.5. The van der Waals surface area contributed by atoms with E-state index in [9.17, 15) is 24.0 Å². The summed E-state index contributed by atoms with van der Waals surface area (Å²) < 4.78 is 10.6. The van der Waals surface area contributed by atoms with Crippen LogP contribution in [0.25, 0.3) is 11.0 Å². The number of nitrogens with one attached hydrogen (secondary N) is 1. The summed E-state index contributed by atoms with van der Waals surface area (Å²) >= 11 is 0. The summed E-state index contributed by atoms with van der Waals surface area (Å²) in [5, 5.41) is -0.0674. The smallest absolute Gasteiger partial charge is 0.329 e. The normalized spacial score (nSPS) is 13.1. The molecule has 1 fully saturated rings. The predicted octanol–water partition coefficient (Wildman–Crippen LogP) is 0.160. The van der Waals surface area contributed by atoms with Crippen LogP contribution in [0, 0.1) is 0 Å². The van der Waals surface area contributed by atoms with Gasteiger partial charge in [-0.25, -0.2) is 9.78 Å². The Balaban J connectivity index is 2.22. The highest BCUT2D eigenvalue weighted by Gasteiger charge is 2.31. The summed E-state index contributed by atoms with van der Waals surface area (Å²) in [5.74, 6) is -2.10. The third-order valence-electron chi connectivity index (χ3n) is 5.02. The number of nitrogens with zero attached hydrogens (tertiary/aromatic N) is 3. The Hall–Kier alpha value is -3.50. The van der Waals surface area contributed by atoms with Crippen molar-refractivity contribution in [2.45, 2.75) is 38.6 Å². The first-order chi connectivity index (χ1) is 14.8. The summed E-state index contributed by atoms with van der Waals surface area (Å²) in [7, 11) is 2.31. The molecule has 31 heavy (non-hydrogen) atoms. The van der Waals surface area contributed by atoms with Gasteiger partial charge in [0.05, 0.1) is 25.2 Å². The molecule has 0 unspecified atom stereocenters. The molecule has 0 aliphatic heterocycles. The molecule has 2 heterocycles. The number of methoxy groups -OCH3 is 2. The van der Waals surface area contributed by atoms with Crippen molar-refractivity contribution in [2.24, 2.45) is 0 Å². The van der Waals surface area contributed by atoms with Crippen LogP contribution in [0.5, 0.6) is 0 Å². The van der Waals surface area contributed by atoms with Crippen LogP contribution in [0.15, 0.2) is 15.7 Å². The maximum atomic E-state index is 13.4. The van der Waals surface area contributed by atoms with Crippen molar-refractivity contribution in [1.82, 2.24) is 19.4 Å². The fourth-order valence-electron chi connectivity index (χ4n) is 3.29. The van der Waals surface area contributed by atoms with Gasteiger partial charge in [0.15, 0.2) is 5.65 Å². The van der Waals surface area contributed by atoms with Crippen LogP contribution in [-0.4, -0.2) is 64.6 Å². The number of aromatic nitrogens is 3.